The lowest BCUT2D eigenvalue weighted by Gasteiger charge is -2.50. The van der Waals surface area contributed by atoms with Gasteiger partial charge in [-0.15, -0.1) is 0 Å². The van der Waals surface area contributed by atoms with E-state index in [-0.39, 0.29) is 22.5 Å². The smallest absolute Gasteiger partial charge is 0.125 e. The highest BCUT2D eigenvalue weighted by Gasteiger charge is 2.46. The number of aryl methyl sites for hydroxylation is 1. The summed E-state index contributed by atoms with van der Waals surface area (Å²) in [5.74, 6) is 0. The predicted octanol–water partition coefficient (Wildman–Crippen LogP) is 9.17. The number of nitrogens with zero attached hydrogens (tertiary/aromatic N) is 1. The van der Waals surface area contributed by atoms with Crippen LogP contribution in [0.5, 0.6) is 0 Å². The van der Waals surface area contributed by atoms with Crippen molar-refractivity contribution in [2.24, 2.45) is 0 Å². The zero-order valence-corrected chi connectivity index (χ0v) is 29.2. The maximum absolute atomic E-state index is 2.57. The van der Waals surface area contributed by atoms with Gasteiger partial charge >= 0.3 is 0 Å². The van der Waals surface area contributed by atoms with E-state index < -0.39 is 0 Å². The van der Waals surface area contributed by atoms with Gasteiger partial charge in [-0.05, 0) is 44.1 Å². The molecule has 39 heavy (non-hydrogen) atoms. The summed E-state index contributed by atoms with van der Waals surface area (Å²) in [4.78, 5) is 0. The molecule has 0 N–H and O–H groups in total. The molecule has 0 heterocycles. The second-order valence-electron chi connectivity index (χ2n) is 13.0. The van der Waals surface area contributed by atoms with Gasteiger partial charge in [0.15, 0.2) is 0 Å². The van der Waals surface area contributed by atoms with Crippen molar-refractivity contribution in [3.8, 4) is 0 Å². The van der Waals surface area contributed by atoms with Gasteiger partial charge in [0.25, 0.3) is 0 Å². The molecule has 0 unspecified atom stereocenters. The molecular formula is C37H70BrN. The summed E-state index contributed by atoms with van der Waals surface area (Å²) in [6.45, 7) is 10.7. The molecular weight excluding hydrogens is 538 g/mol. The van der Waals surface area contributed by atoms with Gasteiger partial charge in [-0.2, -0.15) is 0 Å². The second-order valence-corrected chi connectivity index (χ2v) is 13.0. The van der Waals surface area contributed by atoms with Gasteiger partial charge in [0.05, 0.1) is 20.6 Å². The van der Waals surface area contributed by atoms with E-state index in [4.69, 9.17) is 0 Å². The molecule has 0 aliphatic heterocycles. The van der Waals surface area contributed by atoms with Gasteiger partial charge in [0.2, 0.25) is 0 Å². The summed E-state index contributed by atoms with van der Waals surface area (Å²) in [7, 11) is 5.15. The summed E-state index contributed by atoms with van der Waals surface area (Å²) in [6, 6.07) is 9.57. The quantitative estimate of drug-likeness (QED) is 0.0727. The molecule has 1 aromatic rings. The average molecular weight is 609 g/mol. The van der Waals surface area contributed by atoms with Crippen molar-refractivity contribution in [1.29, 1.82) is 0 Å². The van der Waals surface area contributed by atoms with Crippen molar-refractivity contribution in [3.05, 3.63) is 35.4 Å². The highest BCUT2D eigenvalue weighted by Crippen LogP contribution is 2.44. The van der Waals surface area contributed by atoms with Crippen LogP contribution in [0, 0.1) is 0 Å². The Balaban J connectivity index is 0.0000144. The van der Waals surface area contributed by atoms with Gasteiger partial charge in [0.1, 0.15) is 5.54 Å². The van der Waals surface area contributed by atoms with Crippen LogP contribution in [0.1, 0.15) is 180 Å². The van der Waals surface area contributed by atoms with E-state index in [1.807, 2.05) is 0 Å². The fraction of sp³-hybridized carbons (Fsp3) is 0.838. The molecule has 0 saturated carbocycles. The molecule has 0 amide bonds. The molecule has 1 nitrogen and oxygen atoms in total. The number of benzene rings is 1. The fourth-order valence-electron chi connectivity index (χ4n) is 6.74. The minimum absolute atomic E-state index is 0. The van der Waals surface area contributed by atoms with Crippen molar-refractivity contribution in [2.45, 2.75) is 181 Å². The van der Waals surface area contributed by atoms with E-state index in [1.165, 1.54) is 154 Å². The molecule has 0 aliphatic carbocycles. The Kier molecular flexibility index (Phi) is 24.1. The minimum Gasteiger partial charge on any atom is -1.00 e. The molecule has 2 heteroatoms. The van der Waals surface area contributed by atoms with Gasteiger partial charge in [-0.25, -0.2) is 0 Å². The first-order chi connectivity index (χ1) is 18.5. The first kappa shape index (κ1) is 38.7. The Morgan fingerprint density at radius 2 is 0.923 bits per heavy atom. The van der Waals surface area contributed by atoms with E-state index in [0.29, 0.717) is 0 Å². The van der Waals surface area contributed by atoms with E-state index in [2.05, 4.69) is 66.1 Å². The lowest BCUT2D eigenvalue weighted by Crippen LogP contribution is -3.00. The van der Waals surface area contributed by atoms with Gasteiger partial charge in [0, 0.05) is 18.4 Å². The summed E-state index contributed by atoms with van der Waals surface area (Å²) in [5, 5.41) is 0. The molecule has 0 radical (unpaired) electrons. The topological polar surface area (TPSA) is 0 Å². The molecule has 0 atom stereocenters. The summed E-state index contributed by atoms with van der Waals surface area (Å²) in [5.41, 5.74) is 3.58. The first-order valence-corrected chi connectivity index (χ1v) is 17.4. The van der Waals surface area contributed by atoms with Crippen LogP contribution in [0.25, 0.3) is 0 Å². The van der Waals surface area contributed by atoms with Gasteiger partial charge < -0.3 is 21.5 Å². The minimum atomic E-state index is 0. The molecule has 1 aromatic carbocycles. The van der Waals surface area contributed by atoms with Crippen molar-refractivity contribution < 1.29 is 21.5 Å². The third-order valence-corrected chi connectivity index (χ3v) is 9.44. The van der Waals surface area contributed by atoms with E-state index in [9.17, 15) is 0 Å². The summed E-state index contributed by atoms with van der Waals surface area (Å²) < 4.78 is 1.16. The standard InChI is InChI=1S/C37H70N.BrH/c1-7-11-15-16-17-18-19-20-21-22-23-24-25-28-34-38(5,6)37(32-13-9-3,33-14-10-4)36-31-27-26-30-35(36)29-12-8-2;/h26-27,30-31H,7-25,28-29,32-34H2,1-6H3;1H/q+1;/p-1. The van der Waals surface area contributed by atoms with Crippen LogP contribution in [0.3, 0.4) is 0 Å². The molecule has 0 fully saturated rings. The number of quaternary nitrogens is 1. The van der Waals surface area contributed by atoms with Crippen LogP contribution < -0.4 is 17.0 Å². The molecule has 0 aromatic heterocycles. The third-order valence-electron chi connectivity index (χ3n) is 9.44. The third kappa shape index (κ3) is 14.9. The Bertz CT molecular complexity index is 659. The number of rotatable bonds is 26. The Morgan fingerprint density at radius 1 is 0.513 bits per heavy atom. The SMILES string of the molecule is CCCCCCCCCCCCCCCC[N+](C)(C)C(CCCC)(CCCC)c1ccccc1CCCC.[Br-]. The van der Waals surface area contributed by atoms with Crippen molar-refractivity contribution in [1.82, 2.24) is 0 Å². The first-order valence-electron chi connectivity index (χ1n) is 17.4. The molecule has 0 saturated heterocycles. The monoisotopic (exact) mass is 607 g/mol. The van der Waals surface area contributed by atoms with E-state index in [0.717, 1.165) is 4.48 Å². The van der Waals surface area contributed by atoms with E-state index in [1.54, 1.807) is 11.1 Å². The zero-order valence-electron chi connectivity index (χ0n) is 27.6. The highest BCUT2D eigenvalue weighted by molar-refractivity contribution is 5.33. The van der Waals surface area contributed by atoms with Crippen LogP contribution in [0.2, 0.25) is 0 Å². The maximum Gasteiger partial charge on any atom is 0.125 e. The number of hydrogen-bond donors (Lipinski definition) is 0. The normalized spacial score (nSPS) is 12.1. The Morgan fingerprint density at radius 3 is 1.38 bits per heavy atom. The van der Waals surface area contributed by atoms with Crippen LogP contribution in [-0.4, -0.2) is 25.1 Å². The van der Waals surface area contributed by atoms with Crippen LogP contribution in [0.15, 0.2) is 24.3 Å². The number of halogens is 1. The molecule has 1 rings (SSSR count). The van der Waals surface area contributed by atoms with Gasteiger partial charge in [-0.1, -0.05) is 148 Å². The fourth-order valence-corrected chi connectivity index (χ4v) is 6.74. The van der Waals surface area contributed by atoms with Crippen LogP contribution in [-0.2, 0) is 12.0 Å². The van der Waals surface area contributed by atoms with Crippen molar-refractivity contribution in [2.75, 3.05) is 20.6 Å². The number of hydrogen-bond acceptors (Lipinski definition) is 0. The second kappa shape index (κ2) is 24.3. The highest BCUT2D eigenvalue weighted by atomic mass is 79.9. The largest absolute Gasteiger partial charge is 1.00 e. The van der Waals surface area contributed by atoms with Crippen molar-refractivity contribution in [3.63, 3.8) is 0 Å². The molecule has 230 valence electrons. The van der Waals surface area contributed by atoms with Crippen LogP contribution >= 0.6 is 0 Å². The average Bonchev–Trinajstić information content (AvgIpc) is 2.92. The summed E-state index contributed by atoms with van der Waals surface area (Å²) >= 11 is 0. The summed E-state index contributed by atoms with van der Waals surface area (Å²) in [6.07, 6.45) is 31.9. The lowest BCUT2D eigenvalue weighted by atomic mass is 9.75. The predicted molar refractivity (Wildman–Crippen MR) is 173 cm³/mol. The molecule has 0 bridgehead atoms. The van der Waals surface area contributed by atoms with Gasteiger partial charge in [-0.3, -0.25) is 0 Å². The Labute approximate surface area is 257 Å². The molecule has 0 aliphatic rings. The number of unbranched alkanes of at least 4 members (excludes halogenated alkanes) is 16. The van der Waals surface area contributed by atoms with Crippen molar-refractivity contribution >= 4 is 0 Å². The zero-order chi connectivity index (χ0) is 28.0. The molecule has 0 spiro atoms. The Hall–Kier alpha value is -0.340. The van der Waals surface area contributed by atoms with Crippen LogP contribution in [0.4, 0.5) is 0 Å². The van der Waals surface area contributed by atoms with E-state index >= 15 is 0 Å². The lowest BCUT2D eigenvalue weighted by molar-refractivity contribution is -0.951. The maximum atomic E-state index is 2.57.